The highest BCUT2D eigenvalue weighted by molar-refractivity contribution is 5.80. The highest BCUT2D eigenvalue weighted by Gasteiger charge is 2.37. The van der Waals surface area contributed by atoms with Crippen LogP contribution >= 0.6 is 0 Å². The summed E-state index contributed by atoms with van der Waals surface area (Å²) in [7, 11) is 1.65. The van der Waals surface area contributed by atoms with Gasteiger partial charge < -0.3 is 20.5 Å². The molecule has 0 bridgehead atoms. The molecule has 1 amide bonds. The maximum atomic E-state index is 12.7. The van der Waals surface area contributed by atoms with Crippen LogP contribution in [-0.2, 0) is 11.3 Å². The number of ether oxygens (including phenoxy) is 2. The standard InChI is InChI=1S/C21H32N2O3/c1-21(22)12-6-5-9-18(21)20(24)23-14-15-10-11-17(25-2)13-19(15)26-16-7-3-4-8-16/h10-11,13,16,18H,3-9,12,14,22H2,1-2H3,(H,23,24). The molecule has 3 rings (SSSR count). The molecule has 2 fully saturated rings. The van der Waals surface area contributed by atoms with Gasteiger partial charge in [0.2, 0.25) is 5.91 Å². The van der Waals surface area contributed by atoms with Crippen molar-refractivity contribution in [2.75, 3.05) is 7.11 Å². The van der Waals surface area contributed by atoms with E-state index in [1.54, 1.807) is 7.11 Å². The van der Waals surface area contributed by atoms with Crippen molar-refractivity contribution in [3.63, 3.8) is 0 Å². The molecule has 2 aliphatic carbocycles. The molecule has 0 spiro atoms. The SMILES string of the molecule is COc1ccc(CNC(=O)C2CCCCC2(C)N)c(OC2CCCC2)c1. The van der Waals surface area contributed by atoms with Crippen molar-refractivity contribution in [1.29, 1.82) is 0 Å². The number of amides is 1. The van der Waals surface area contributed by atoms with Gasteiger partial charge in [-0.2, -0.15) is 0 Å². The minimum atomic E-state index is -0.411. The summed E-state index contributed by atoms with van der Waals surface area (Å²) in [6.07, 6.45) is 8.85. The van der Waals surface area contributed by atoms with E-state index in [9.17, 15) is 4.79 Å². The smallest absolute Gasteiger partial charge is 0.225 e. The van der Waals surface area contributed by atoms with Crippen LogP contribution in [-0.4, -0.2) is 24.7 Å². The molecule has 0 heterocycles. The number of nitrogens with two attached hydrogens (primary N) is 1. The summed E-state index contributed by atoms with van der Waals surface area (Å²) in [5.41, 5.74) is 6.94. The summed E-state index contributed by atoms with van der Waals surface area (Å²) in [4.78, 5) is 12.7. The maximum Gasteiger partial charge on any atom is 0.225 e. The molecular weight excluding hydrogens is 328 g/mol. The number of carbonyl (C=O) groups excluding carboxylic acids is 1. The van der Waals surface area contributed by atoms with Crippen molar-refractivity contribution in [3.05, 3.63) is 23.8 Å². The Labute approximate surface area is 156 Å². The summed E-state index contributed by atoms with van der Waals surface area (Å²) in [5, 5.41) is 3.09. The second kappa shape index (κ2) is 8.30. The molecule has 0 radical (unpaired) electrons. The zero-order chi connectivity index (χ0) is 18.6. The molecule has 5 nitrogen and oxygen atoms in total. The van der Waals surface area contributed by atoms with Gasteiger partial charge in [-0.15, -0.1) is 0 Å². The van der Waals surface area contributed by atoms with Gasteiger partial charge in [0, 0.05) is 23.7 Å². The Hall–Kier alpha value is -1.75. The van der Waals surface area contributed by atoms with E-state index in [2.05, 4.69) is 5.32 Å². The molecule has 0 saturated heterocycles. The van der Waals surface area contributed by atoms with Crippen LogP contribution in [0.15, 0.2) is 18.2 Å². The van der Waals surface area contributed by atoms with Crippen LogP contribution in [0.1, 0.15) is 63.9 Å². The highest BCUT2D eigenvalue weighted by atomic mass is 16.5. The van der Waals surface area contributed by atoms with E-state index in [1.165, 1.54) is 12.8 Å². The Kier molecular flexibility index (Phi) is 6.07. The normalized spacial score (nSPS) is 26.5. The average Bonchev–Trinajstić information content (AvgIpc) is 3.13. The topological polar surface area (TPSA) is 73.6 Å². The van der Waals surface area contributed by atoms with E-state index in [-0.39, 0.29) is 17.9 Å². The lowest BCUT2D eigenvalue weighted by Gasteiger charge is -2.37. The van der Waals surface area contributed by atoms with Crippen LogP contribution in [0, 0.1) is 5.92 Å². The first-order valence-corrected chi connectivity index (χ1v) is 9.90. The number of rotatable bonds is 6. The van der Waals surface area contributed by atoms with Crippen molar-refractivity contribution in [2.24, 2.45) is 11.7 Å². The van der Waals surface area contributed by atoms with E-state index in [1.807, 2.05) is 25.1 Å². The first-order chi connectivity index (χ1) is 12.5. The fraction of sp³-hybridized carbons (Fsp3) is 0.667. The quantitative estimate of drug-likeness (QED) is 0.814. The third kappa shape index (κ3) is 4.50. The lowest BCUT2D eigenvalue weighted by Crippen LogP contribution is -2.52. The first-order valence-electron chi connectivity index (χ1n) is 9.90. The summed E-state index contributed by atoms with van der Waals surface area (Å²) in [5.74, 6) is 1.52. The first kappa shape index (κ1) is 19.0. The number of carbonyl (C=O) groups is 1. The van der Waals surface area contributed by atoms with Crippen LogP contribution in [0.4, 0.5) is 0 Å². The number of methoxy groups -OCH3 is 1. The largest absolute Gasteiger partial charge is 0.497 e. The van der Waals surface area contributed by atoms with Gasteiger partial charge in [0.1, 0.15) is 11.5 Å². The molecule has 0 aliphatic heterocycles. The molecule has 1 aromatic rings. The molecule has 1 aromatic carbocycles. The van der Waals surface area contributed by atoms with Crippen LogP contribution in [0.3, 0.4) is 0 Å². The van der Waals surface area contributed by atoms with Crippen molar-refractivity contribution in [3.8, 4) is 11.5 Å². The zero-order valence-corrected chi connectivity index (χ0v) is 16.1. The molecule has 3 N–H and O–H groups in total. The molecule has 2 unspecified atom stereocenters. The Balaban J connectivity index is 1.67. The van der Waals surface area contributed by atoms with Gasteiger partial charge in [0.05, 0.1) is 19.1 Å². The van der Waals surface area contributed by atoms with Crippen LogP contribution in [0.25, 0.3) is 0 Å². The number of benzene rings is 1. The predicted molar refractivity (Wildman–Crippen MR) is 102 cm³/mol. The second-order valence-corrected chi connectivity index (χ2v) is 8.02. The zero-order valence-electron chi connectivity index (χ0n) is 16.1. The summed E-state index contributed by atoms with van der Waals surface area (Å²) >= 11 is 0. The van der Waals surface area contributed by atoms with Crippen LogP contribution in [0.2, 0.25) is 0 Å². The summed E-state index contributed by atoms with van der Waals surface area (Å²) in [6.45, 7) is 2.45. The number of hydrogen-bond acceptors (Lipinski definition) is 4. The van der Waals surface area contributed by atoms with Gasteiger partial charge in [-0.3, -0.25) is 4.79 Å². The van der Waals surface area contributed by atoms with E-state index >= 15 is 0 Å². The van der Waals surface area contributed by atoms with Crippen molar-refractivity contribution in [1.82, 2.24) is 5.32 Å². The van der Waals surface area contributed by atoms with Crippen LogP contribution in [0.5, 0.6) is 11.5 Å². The Morgan fingerprint density at radius 2 is 1.96 bits per heavy atom. The van der Waals surface area contributed by atoms with Gasteiger partial charge >= 0.3 is 0 Å². The van der Waals surface area contributed by atoms with E-state index in [0.717, 1.165) is 55.6 Å². The predicted octanol–water partition coefficient (Wildman–Crippen LogP) is 3.54. The molecule has 0 aromatic heterocycles. The van der Waals surface area contributed by atoms with Gasteiger partial charge in [0.15, 0.2) is 0 Å². The maximum absolute atomic E-state index is 12.7. The Morgan fingerprint density at radius 3 is 2.65 bits per heavy atom. The summed E-state index contributed by atoms with van der Waals surface area (Å²) < 4.78 is 11.6. The number of hydrogen-bond donors (Lipinski definition) is 2. The molecule has 2 saturated carbocycles. The summed E-state index contributed by atoms with van der Waals surface area (Å²) in [6, 6.07) is 5.82. The van der Waals surface area contributed by atoms with Crippen molar-refractivity contribution >= 4 is 5.91 Å². The molecule has 2 aliphatic rings. The second-order valence-electron chi connectivity index (χ2n) is 8.02. The third-order valence-electron chi connectivity index (χ3n) is 5.89. The fourth-order valence-electron chi connectivity index (χ4n) is 4.20. The van der Waals surface area contributed by atoms with Crippen molar-refractivity contribution < 1.29 is 14.3 Å². The van der Waals surface area contributed by atoms with Gasteiger partial charge in [-0.05, 0) is 57.6 Å². The van der Waals surface area contributed by atoms with Gasteiger partial charge in [-0.25, -0.2) is 0 Å². The average molecular weight is 360 g/mol. The Morgan fingerprint density at radius 1 is 1.23 bits per heavy atom. The monoisotopic (exact) mass is 360 g/mol. The van der Waals surface area contributed by atoms with Gasteiger partial charge in [0.25, 0.3) is 0 Å². The molecule has 5 heteroatoms. The lowest BCUT2D eigenvalue weighted by molar-refractivity contribution is -0.128. The highest BCUT2D eigenvalue weighted by Crippen LogP contribution is 2.33. The minimum Gasteiger partial charge on any atom is -0.497 e. The third-order valence-corrected chi connectivity index (χ3v) is 5.89. The van der Waals surface area contributed by atoms with E-state index in [4.69, 9.17) is 15.2 Å². The number of nitrogens with one attached hydrogen (secondary N) is 1. The molecular formula is C21H32N2O3. The molecule has 2 atom stereocenters. The molecule has 144 valence electrons. The van der Waals surface area contributed by atoms with Crippen LogP contribution < -0.4 is 20.5 Å². The molecule has 26 heavy (non-hydrogen) atoms. The fourth-order valence-corrected chi connectivity index (χ4v) is 4.20. The minimum absolute atomic E-state index is 0.0531. The van der Waals surface area contributed by atoms with E-state index in [0.29, 0.717) is 6.54 Å². The van der Waals surface area contributed by atoms with Crippen molar-refractivity contribution in [2.45, 2.75) is 76.5 Å². The Bertz CT molecular complexity index is 624. The lowest BCUT2D eigenvalue weighted by atomic mass is 9.74. The van der Waals surface area contributed by atoms with Gasteiger partial charge in [-0.1, -0.05) is 12.8 Å². The van der Waals surface area contributed by atoms with E-state index < -0.39 is 5.54 Å².